The fraction of sp³-hybridized carbons (Fsp3) is 0.250. The van der Waals surface area contributed by atoms with E-state index in [0.29, 0.717) is 28.9 Å². The van der Waals surface area contributed by atoms with Gasteiger partial charge in [0.25, 0.3) is 5.56 Å². The number of hydrogen-bond donors (Lipinski definition) is 3. The van der Waals surface area contributed by atoms with Crippen LogP contribution >= 0.6 is 0 Å². The number of allylic oxidation sites excluding steroid dienone is 2. The van der Waals surface area contributed by atoms with Gasteiger partial charge in [-0.15, -0.1) is 0 Å². The Morgan fingerprint density at radius 3 is 2.82 bits per heavy atom. The number of carbonyl (C=O) groups is 1. The number of ketones is 1. The summed E-state index contributed by atoms with van der Waals surface area (Å²) in [6, 6.07) is 6.09. The van der Waals surface area contributed by atoms with E-state index in [-0.39, 0.29) is 17.2 Å². The lowest BCUT2D eigenvalue weighted by Crippen LogP contribution is -2.29. The molecule has 2 heterocycles. The van der Waals surface area contributed by atoms with E-state index in [1.165, 1.54) is 12.1 Å². The Kier molecular flexibility index (Phi) is 2.79. The first kappa shape index (κ1) is 13.1. The highest BCUT2D eigenvalue weighted by molar-refractivity contribution is 6.00. The van der Waals surface area contributed by atoms with Gasteiger partial charge in [0.2, 0.25) is 0 Å². The van der Waals surface area contributed by atoms with E-state index in [1.54, 1.807) is 12.1 Å². The Morgan fingerprint density at radius 1 is 1.14 bits per heavy atom. The number of H-pyrrole nitrogens is 2. The van der Waals surface area contributed by atoms with Gasteiger partial charge in [-0.3, -0.25) is 19.8 Å². The Hall–Kier alpha value is -2.63. The van der Waals surface area contributed by atoms with Crippen LogP contribution in [0.15, 0.2) is 40.3 Å². The van der Waals surface area contributed by atoms with Crippen molar-refractivity contribution in [3.05, 3.63) is 62.8 Å². The number of hydrogen-bond acceptors (Lipinski definition) is 3. The largest absolute Gasteiger partial charge is 0.343 e. The van der Waals surface area contributed by atoms with Gasteiger partial charge >= 0.3 is 0 Å². The Morgan fingerprint density at radius 2 is 2.00 bits per heavy atom. The number of benzene rings is 1. The summed E-state index contributed by atoms with van der Waals surface area (Å²) in [4.78, 5) is 24.6. The molecule has 0 radical (unpaired) electrons. The molecule has 5 nitrogen and oxygen atoms in total. The maximum Gasteiger partial charge on any atom is 0.270 e. The van der Waals surface area contributed by atoms with Crippen molar-refractivity contribution < 1.29 is 9.18 Å². The predicted molar refractivity (Wildman–Crippen MR) is 79.2 cm³/mol. The van der Waals surface area contributed by atoms with Crippen LogP contribution < -0.4 is 10.9 Å². The van der Waals surface area contributed by atoms with E-state index in [0.717, 1.165) is 18.5 Å². The second-order valence-corrected chi connectivity index (χ2v) is 5.65. The van der Waals surface area contributed by atoms with Gasteiger partial charge < -0.3 is 5.32 Å². The second kappa shape index (κ2) is 4.69. The highest BCUT2D eigenvalue weighted by atomic mass is 19.1. The molecule has 0 fully saturated rings. The first-order valence-corrected chi connectivity index (χ1v) is 7.24. The van der Waals surface area contributed by atoms with Crippen molar-refractivity contribution >= 4 is 11.6 Å². The van der Waals surface area contributed by atoms with E-state index in [1.807, 2.05) is 0 Å². The third-order valence-electron chi connectivity index (χ3n) is 4.31. The van der Waals surface area contributed by atoms with Crippen LogP contribution in [0.25, 0.3) is 0 Å². The van der Waals surface area contributed by atoms with Crippen molar-refractivity contribution in [1.82, 2.24) is 10.2 Å². The minimum absolute atomic E-state index is 0.0225. The predicted octanol–water partition coefficient (Wildman–Crippen LogP) is 2.41. The van der Waals surface area contributed by atoms with E-state index < -0.39 is 5.92 Å². The zero-order valence-corrected chi connectivity index (χ0v) is 11.7. The number of rotatable bonds is 1. The maximum atomic E-state index is 13.6. The topological polar surface area (TPSA) is 77.8 Å². The molecular formula is C16H14FN3O2. The molecule has 1 unspecified atom stereocenters. The van der Waals surface area contributed by atoms with Gasteiger partial charge in [0.1, 0.15) is 11.6 Å². The van der Waals surface area contributed by atoms with Gasteiger partial charge in [0, 0.05) is 23.6 Å². The van der Waals surface area contributed by atoms with E-state index >= 15 is 0 Å². The fourth-order valence-electron chi connectivity index (χ4n) is 3.38. The molecule has 3 N–H and O–H groups in total. The van der Waals surface area contributed by atoms with Crippen LogP contribution in [0.5, 0.6) is 0 Å². The molecule has 2 aliphatic rings. The summed E-state index contributed by atoms with van der Waals surface area (Å²) >= 11 is 0. The maximum absolute atomic E-state index is 13.6. The molecule has 1 aliphatic carbocycles. The van der Waals surface area contributed by atoms with E-state index in [9.17, 15) is 14.0 Å². The summed E-state index contributed by atoms with van der Waals surface area (Å²) in [5.41, 5.74) is 2.19. The van der Waals surface area contributed by atoms with E-state index in [2.05, 4.69) is 15.5 Å². The Labute approximate surface area is 125 Å². The number of nitrogens with one attached hydrogen (secondary N) is 3. The van der Waals surface area contributed by atoms with Gasteiger partial charge in [-0.1, -0.05) is 12.1 Å². The fourth-order valence-corrected chi connectivity index (χ4v) is 3.38. The quantitative estimate of drug-likeness (QED) is 0.756. The molecule has 6 heteroatoms. The number of carbonyl (C=O) groups excluding carboxylic acids is 1. The SMILES string of the molecule is O=C1CCCC2=C1C(c1cccc(F)c1)c1c([nH][nH]c1=O)N2. The lowest BCUT2D eigenvalue weighted by molar-refractivity contribution is -0.116. The monoisotopic (exact) mass is 299 g/mol. The third kappa shape index (κ3) is 1.83. The van der Waals surface area contributed by atoms with Gasteiger partial charge in [-0.25, -0.2) is 4.39 Å². The van der Waals surface area contributed by atoms with Crippen LogP contribution in [0.1, 0.15) is 36.3 Å². The molecule has 1 aromatic heterocycles. The Bertz CT molecular complexity index is 862. The molecule has 1 aliphatic heterocycles. The molecule has 0 amide bonds. The first-order chi connectivity index (χ1) is 10.6. The van der Waals surface area contributed by atoms with Crippen LogP contribution in [0.3, 0.4) is 0 Å². The number of aromatic amines is 2. The third-order valence-corrected chi connectivity index (χ3v) is 4.31. The minimum Gasteiger partial charge on any atom is -0.343 e. The lowest BCUT2D eigenvalue weighted by Gasteiger charge is -2.31. The highest BCUT2D eigenvalue weighted by Crippen LogP contribution is 2.43. The van der Waals surface area contributed by atoms with Crippen molar-refractivity contribution in [2.75, 3.05) is 5.32 Å². The molecule has 2 aromatic rings. The second-order valence-electron chi connectivity index (χ2n) is 5.65. The van der Waals surface area contributed by atoms with Crippen molar-refractivity contribution in [2.24, 2.45) is 0 Å². The summed E-state index contributed by atoms with van der Waals surface area (Å²) < 4.78 is 13.6. The minimum atomic E-state index is -0.523. The standard InChI is InChI=1S/C16H14FN3O2/c17-9-4-1-3-8(7-9)12-13-10(5-2-6-11(13)21)18-15-14(12)16(22)20-19-15/h1,3-4,7,12H,2,5-6H2,(H3,18,19,20,22). The van der Waals surface area contributed by atoms with Gasteiger partial charge in [0.15, 0.2) is 5.78 Å². The summed E-state index contributed by atoms with van der Waals surface area (Å²) in [6.07, 6.45) is 1.99. The smallest absolute Gasteiger partial charge is 0.270 e. The van der Waals surface area contributed by atoms with Gasteiger partial charge in [0.05, 0.1) is 5.56 Å². The zero-order valence-electron chi connectivity index (χ0n) is 11.7. The van der Waals surface area contributed by atoms with Crippen LogP contribution in [-0.4, -0.2) is 16.0 Å². The normalized spacial score (nSPS) is 20.4. The van der Waals surface area contributed by atoms with Crippen LogP contribution in [0, 0.1) is 5.82 Å². The van der Waals surface area contributed by atoms with Crippen LogP contribution in [-0.2, 0) is 4.79 Å². The molecule has 1 atom stereocenters. The molecule has 0 saturated carbocycles. The van der Waals surface area contributed by atoms with Gasteiger partial charge in [-0.05, 0) is 30.5 Å². The molecule has 22 heavy (non-hydrogen) atoms. The number of anilines is 1. The molecule has 0 bridgehead atoms. The average molecular weight is 299 g/mol. The molecular weight excluding hydrogens is 285 g/mol. The van der Waals surface area contributed by atoms with Crippen LogP contribution in [0.4, 0.5) is 10.2 Å². The van der Waals surface area contributed by atoms with Gasteiger partial charge in [-0.2, -0.15) is 0 Å². The Balaban J connectivity index is 1.98. The average Bonchev–Trinajstić information content (AvgIpc) is 2.87. The summed E-state index contributed by atoms with van der Waals surface area (Å²) in [5, 5.41) is 8.49. The van der Waals surface area contributed by atoms with E-state index in [4.69, 9.17) is 0 Å². The molecule has 4 rings (SSSR count). The van der Waals surface area contributed by atoms with Crippen molar-refractivity contribution in [3.63, 3.8) is 0 Å². The van der Waals surface area contributed by atoms with Crippen molar-refractivity contribution in [2.45, 2.75) is 25.2 Å². The number of aromatic nitrogens is 2. The molecule has 0 saturated heterocycles. The number of halogens is 1. The molecule has 0 spiro atoms. The molecule has 1 aromatic carbocycles. The number of Topliss-reactive ketones (excluding diaryl/α,β-unsaturated/α-hetero) is 1. The number of fused-ring (bicyclic) bond motifs is 1. The first-order valence-electron chi connectivity index (χ1n) is 7.24. The van der Waals surface area contributed by atoms with Crippen molar-refractivity contribution in [3.8, 4) is 0 Å². The lowest BCUT2D eigenvalue weighted by atomic mass is 9.77. The highest BCUT2D eigenvalue weighted by Gasteiger charge is 2.37. The van der Waals surface area contributed by atoms with Crippen LogP contribution in [0.2, 0.25) is 0 Å². The summed E-state index contributed by atoms with van der Waals surface area (Å²) in [6.45, 7) is 0. The molecule has 112 valence electrons. The summed E-state index contributed by atoms with van der Waals surface area (Å²) in [5.74, 6) is -0.318. The zero-order chi connectivity index (χ0) is 15.3. The summed E-state index contributed by atoms with van der Waals surface area (Å²) in [7, 11) is 0. The van der Waals surface area contributed by atoms with Crippen molar-refractivity contribution in [1.29, 1.82) is 0 Å².